The molecule has 4 aliphatic rings. The predicted octanol–water partition coefficient (Wildman–Crippen LogP) is 3.68. The average Bonchev–Trinajstić information content (AvgIpc) is 3.36. The number of methoxy groups -OCH3 is 1. The van der Waals surface area contributed by atoms with Crippen molar-refractivity contribution < 1.29 is 37.8 Å². The zero-order valence-corrected chi connectivity index (χ0v) is 21.0. The highest BCUT2D eigenvalue weighted by Gasteiger charge is 2.86. The standard InChI is InChI=1S/C27H32O8/c1-23(2)17-13-18(28)26(5)16(24(17,3)10-8-19(29)34-23)7-11-25(4,20(30)15-9-12-33-14-15)27(26)21(35-27)22(31)32-6/h8-10,12,14,16-17,21H,7,11,13H2,1-6H3/t16-,17-,21-,24-,25+,26+,27-/m1/s1. The molecule has 188 valence electrons. The Balaban J connectivity index is 1.70. The molecule has 0 unspecified atom stereocenters. The molecule has 1 spiro atoms. The van der Waals surface area contributed by atoms with Gasteiger partial charge in [-0.3, -0.25) is 9.59 Å². The van der Waals surface area contributed by atoms with Gasteiger partial charge in [-0.25, -0.2) is 9.59 Å². The van der Waals surface area contributed by atoms with E-state index in [1.54, 1.807) is 13.0 Å². The first kappa shape index (κ1) is 24.0. The summed E-state index contributed by atoms with van der Waals surface area (Å²) in [6, 6.07) is 1.59. The zero-order chi connectivity index (χ0) is 25.6. The molecule has 3 fully saturated rings. The molecule has 2 aliphatic heterocycles. The van der Waals surface area contributed by atoms with Crippen LogP contribution in [0.15, 0.2) is 35.2 Å². The van der Waals surface area contributed by atoms with Crippen LogP contribution in [0.1, 0.15) is 64.2 Å². The van der Waals surface area contributed by atoms with Gasteiger partial charge in [-0.1, -0.05) is 13.0 Å². The number of furan rings is 1. The van der Waals surface area contributed by atoms with E-state index < -0.39 is 45.5 Å². The third-order valence-electron chi connectivity index (χ3n) is 9.79. The fourth-order valence-electron chi connectivity index (χ4n) is 8.05. The smallest absolute Gasteiger partial charge is 0.338 e. The maximum Gasteiger partial charge on any atom is 0.338 e. The highest BCUT2D eigenvalue weighted by molar-refractivity contribution is 6.04. The Hall–Kier alpha value is -2.74. The quantitative estimate of drug-likeness (QED) is 0.363. The van der Waals surface area contributed by atoms with Gasteiger partial charge >= 0.3 is 11.9 Å². The lowest BCUT2D eigenvalue weighted by Crippen LogP contribution is -2.70. The van der Waals surface area contributed by atoms with E-state index in [1.165, 1.54) is 25.7 Å². The number of carbonyl (C=O) groups excluding carboxylic acids is 4. The van der Waals surface area contributed by atoms with E-state index in [2.05, 4.69) is 6.92 Å². The van der Waals surface area contributed by atoms with Crippen LogP contribution in [0, 0.1) is 28.1 Å². The van der Waals surface area contributed by atoms with Crippen LogP contribution in [-0.2, 0) is 28.6 Å². The molecule has 0 N–H and O–H groups in total. The summed E-state index contributed by atoms with van der Waals surface area (Å²) in [5.41, 5.74) is -4.86. The van der Waals surface area contributed by atoms with Gasteiger partial charge in [0.15, 0.2) is 11.9 Å². The van der Waals surface area contributed by atoms with Crippen molar-refractivity contribution in [3.05, 3.63) is 36.3 Å². The van der Waals surface area contributed by atoms with Crippen molar-refractivity contribution >= 4 is 23.5 Å². The van der Waals surface area contributed by atoms with Gasteiger partial charge in [0, 0.05) is 18.4 Å². The molecule has 7 atom stereocenters. The average molecular weight is 485 g/mol. The van der Waals surface area contributed by atoms with Crippen LogP contribution < -0.4 is 0 Å². The lowest BCUT2D eigenvalue weighted by atomic mass is 9.38. The number of hydrogen-bond acceptors (Lipinski definition) is 8. The Morgan fingerprint density at radius 2 is 1.80 bits per heavy atom. The first-order valence-corrected chi connectivity index (χ1v) is 12.1. The number of cyclic esters (lactones) is 1. The molecule has 0 amide bonds. The van der Waals surface area contributed by atoms with Crippen LogP contribution in [-0.4, -0.2) is 47.9 Å². The predicted molar refractivity (Wildman–Crippen MR) is 122 cm³/mol. The van der Waals surface area contributed by atoms with E-state index in [-0.39, 0.29) is 29.8 Å². The van der Waals surface area contributed by atoms with Gasteiger partial charge in [0.1, 0.15) is 23.2 Å². The normalized spacial score (nSPS) is 43.5. The molecule has 0 aromatic carbocycles. The second-order valence-corrected chi connectivity index (χ2v) is 11.6. The van der Waals surface area contributed by atoms with Gasteiger partial charge in [-0.2, -0.15) is 0 Å². The first-order valence-electron chi connectivity index (χ1n) is 12.1. The highest BCUT2D eigenvalue weighted by Crippen LogP contribution is 2.75. The number of rotatable bonds is 3. The number of hydrogen-bond donors (Lipinski definition) is 0. The Labute approximate surface area is 204 Å². The Morgan fingerprint density at radius 1 is 1.09 bits per heavy atom. The largest absolute Gasteiger partial charge is 0.472 e. The molecule has 2 aliphatic carbocycles. The number of ether oxygens (including phenoxy) is 3. The Morgan fingerprint density at radius 3 is 2.43 bits per heavy atom. The van der Waals surface area contributed by atoms with E-state index >= 15 is 0 Å². The third kappa shape index (κ3) is 2.77. The first-order chi connectivity index (χ1) is 16.3. The summed E-state index contributed by atoms with van der Waals surface area (Å²) in [6.45, 7) is 9.35. The summed E-state index contributed by atoms with van der Waals surface area (Å²) in [7, 11) is 1.27. The number of fused-ring (bicyclic) bond motifs is 4. The van der Waals surface area contributed by atoms with Gasteiger partial charge in [-0.05, 0) is 57.9 Å². The summed E-state index contributed by atoms with van der Waals surface area (Å²) < 4.78 is 22.2. The molecule has 35 heavy (non-hydrogen) atoms. The summed E-state index contributed by atoms with van der Waals surface area (Å²) in [5, 5.41) is 0. The number of epoxide rings is 1. The highest BCUT2D eigenvalue weighted by atomic mass is 16.7. The second-order valence-electron chi connectivity index (χ2n) is 11.6. The lowest BCUT2D eigenvalue weighted by molar-refractivity contribution is -0.190. The van der Waals surface area contributed by atoms with E-state index in [0.29, 0.717) is 18.4 Å². The van der Waals surface area contributed by atoms with Crippen molar-refractivity contribution in [1.82, 2.24) is 0 Å². The van der Waals surface area contributed by atoms with Crippen LogP contribution in [0.4, 0.5) is 0 Å². The van der Waals surface area contributed by atoms with E-state index in [9.17, 15) is 19.2 Å². The van der Waals surface area contributed by atoms with Crippen molar-refractivity contribution in [1.29, 1.82) is 0 Å². The van der Waals surface area contributed by atoms with E-state index in [1.807, 2.05) is 26.8 Å². The molecule has 0 radical (unpaired) electrons. The number of allylic oxidation sites excluding steroid dienone is 1. The van der Waals surface area contributed by atoms with E-state index in [4.69, 9.17) is 18.6 Å². The van der Waals surface area contributed by atoms with Gasteiger partial charge in [-0.15, -0.1) is 0 Å². The van der Waals surface area contributed by atoms with Crippen LogP contribution in [0.3, 0.4) is 0 Å². The summed E-state index contributed by atoms with van der Waals surface area (Å²) in [4.78, 5) is 53.4. The minimum Gasteiger partial charge on any atom is -0.472 e. The second kappa shape index (κ2) is 7.15. The molecule has 2 saturated carbocycles. The summed E-state index contributed by atoms with van der Waals surface area (Å²) in [6.07, 6.45) is 6.12. The molecular formula is C27H32O8. The number of Topliss-reactive ketones (excluding diaryl/α,β-unsaturated/α-hetero) is 2. The molecule has 0 bridgehead atoms. The van der Waals surface area contributed by atoms with Gasteiger partial charge < -0.3 is 18.6 Å². The third-order valence-corrected chi connectivity index (χ3v) is 9.79. The van der Waals surface area contributed by atoms with Crippen LogP contribution in [0.2, 0.25) is 0 Å². The van der Waals surface area contributed by atoms with Gasteiger partial charge in [0.05, 0.1) is 29.8 Å². The van der Waals surface area contributed by atoms with Crippen LogP contribution >= 0.6 is 0 Å². The van der Waals surface area contributed by atoms with Crippen molar-refractivity contribution in [2.75, 3.05) is 7.11 Å². The molecular weight excluding hydrogens is 452 g/mol. The van der Waals surface area contributed by atoms with Crippen LogP contribution in [0.25, 0.3) is 0 Å². The monoisotopic (exact) mass is 484 g/mol. The van der Waals surface area contributed by atoms with Gasteiger partial charge in [0.25, 0.3) is 0 Å². The molecule has 8 nitrogen and oxygen atoms in total. The van der Waals surface area contributed by atoms with E-state index in [0.717, 1.165) is 0 Å². The molecule has 8 heteroatoms. The summed E-state index contributed by atoms with van der Waals surface area (Å²) >= 11 is 0. The van der Waals surface area contributed by atoms with Crippen molar-refractivity contribution in [2.45, 2.75) is 71.2 Å². The minimum absolute atomic E-state index is 0.0956. The molecule has 5 rings (SSSR count). The Kier molecular flexibility index (Phi) is 4.90. The van der Waals surface area contributed by atoms with Gasteiger partial charge in [0.2, 0.25) is 0 Å². The number of esters is 2. The maximum absolute atomic E-state index is 14.2. The molecule has 1 aromatic heterocycles. The fourth-order valence-corrected chi connectivity index (χ4v) is 8.05. The number of carbonyl (C=O) groups is 4. The summed E-state index contributed by atoms with van der Waals surface area (Å²) in [5.74, 6) is -1.95. The lowest BCUT2D eigenvalue weighted by Gasteiger charge is -2.63. The SMILES string of the molecule is COC(=O)[C@H]1O[C@@]12[C@](C)(C(=O)c1ccoc1)CC[C@@H]1[C@@]3(C)C=CC(=O)OC(C)(C)[C@H]3CC(=O)[C@]12C. The minimum atomic E-state index is -1.38. The van der Waals surface area contributed by atoms with Crippen molar-refractivity contribution in [3.8, 4) is 0 Å². The Bertz CT molecular complexity index is 1150. The number of ketones is 2. The topological polar surface area (TPSA) is 112 Å². The molecule has 1 saturated heterocycles. The van der Waals surface area contributed by atoms with Crippen molar-refractivity contribution in [3.63, 3.8) is 0 Å². The van der Waals surface area contributed by atoms with Crippen LogP contribution in [0.5, 0.6) is 0 Å². The molecule has 3 heterocycles. The maximum atomic E-state index is 14.2. The molecule has 1 aromatic rings. The zero-order valence-electron chi connectivity index (χ0n) is 21.0. The fraction of sp³-hybridized carbons (Fsp3) is 0.630. The van der Waals surface area contributed by atoms with Crippen molar-refractivity contribution in [2.24, 2.45) is 28.1 Å².